The third kappa shape index (κ3) is 3.39. The lowest BCUT2D eigenvalue weighted by atomic mass is 10.0. The molecule has 0 aromatic carbocycles. The van der Waals surface area contributed by atoms with Crippen molar-refractivity contribution in [3.63, 3.8) is 0 Å². The van der Waals surface area contributed by atoms with Gasteiger partial charge in [0.05, 0.1) is 12.7 Å². The molecule has 3 aliphatic heterocycles. The van der Waals surface area contributed by atoms with Crippen LogP contribution in [0.25, 0.3) is 0 Å². The van der Waals surface area contributed by atoms with Crippen LogP contribution in [0, 0.1) is 0 Å². The molecular formula is C17H23NO6S. The SMILES string of the molecule is CC1(C)O[C@H]2[C@@H]([C@@H]3COC(C)(C)O3)O[C@H](CC(=O)c3nccs3)[C@H]2O1. The monoisotopic (exact) mass is 369 g/mol. The van der Waals surface area contributed by atoms with Gasteiger partial charge in [-0.05, 0) is 27.7 Å². The van der Waals surface area contributed by atoms with Gasteiger partial charge in [0.15, 0.2) is 22.4 Å². The Morgan fingerprint density at radius 1 is 1.16 bits per heavy atom. The number of carbonyl (C=O) groups excluding carboxylic acids is 1. The van der Waals surface area contributed by atoms with Crippen molar-refractivity contribution in [2.45, 2.75) is 76.2 Å². The zero-order chi connectivity index (χ0) is 17.8. The van der Waals surface area contributed by atoms with Gasteiger partial charge in [-0.15, -0.1) is 11.3 Å². The van der Waals surface area contributed by atoms with Gasteiger partial charge in [0.25, 0.3) is 0 Å². The standard InChI is InChI=1S/C17H23NO6S/c1-16(2)20-8-11(22-16)12-14-13(23-17(3,4)24-14)10(21-12)7-9(19)15-18-5-6-25-15/h5-6,10-14H,7-8H2,1-4H3/t10-,11+,12-,13-,14+/m1/s1. The minimum atomic E-state index is -0.713. The van der Waals surface area contributed by atoms with Gasteiger partial charge in [-0.1, -0.05) is 0 Å². The fourth-order valence-corrected chi connectivity index (χ4v) is 4.27. The van der Waals surface area contributed by atoms with Gasteiger partial charge in [0.1, 0.15) is 24.4 Å². The number of thiazole rings is 1. The zero-order valence-corrected chi connectivity index (χ0v) is 15.6. The highest BCUT2D eigenvalue weighted by atomic mass is 32.1. The quantitative estimate of drug-likeness (QED) is 0.753. The minimum absolute atomic E-state index is 0.0448. The average molecular weight is 369 g/mol. The summed E-state index contributed by atoms with van der Waals surface area (Å²) in [6.45, 7) is 7.92. The van der Waals surface area contributed by atoms with E-state index in [0.717, 1.165) is 0 Å². The van der Waals surface area contributed by atoms with E-state index in [2.05, 4.69) is 4.98 Å². The lowest BCUT2D eigenvalue weighted by Gasteiger charge is -2.26. The second-order valence-electron chi connectivity index (χ2n) is 7.54. The first kappa shape index (κ1) is 17.5. The van der Waals surface area contributed by atoms with E-state index in [4.69, 9.17) is 23.7 Å². The molecule has 0 radical (unpaired) electrons. The summed E-state index contributed by atoms with van der Waals surface area (Å²) in [6.07, 6.45) is 0.274. The molecule has 8 heteroatoms. The molecule has 4 rings (SSSR count). The number of aromatic nitrogens is 1. The highest BCUT2D eigenvalue weighted by Crippen LogP contribution is 2.43. The fourth-order valence-electron chi connectivity index (χ4n) is 3.69. The summed E-state index contributed by atoms with van der Waals surface area (Å²) in [6, 6.07) is 0. The van der Waals surface area contributed by atoms with Crippen molar-refractivity contribution in [2.75, 3.05) is 6.61 Å². The van der Waals surface area contributed by atoms with Crippen LogP contribution in [0.15, 0.2) is 11.6 Å². The van der Waals surface area contributed by atoms with Crippen LogP contribution in [-0.2, 0) is 23.7 Å². The number of ether oxygens (including phenoxy) is 5. The predicted molar refractivity (Wildman–Crippen MR) is 88.5 cm³/mol. The summed E-state index contributed by atoms with van der Waals surface area (Å²) >= 11 is 1.33. The summed E-state index contributed by atoms with van der Waals surface area (Å²) in [5, 5.41) is 2.28. The van der Waals surface area contributed by atoms with Gasteiger partial charge in [0, 0.05) is 18.0 Å². The van der Waals surface area contributed by atoms with Crippen LogP contribution in [0.5, 0.6) is 0 Å². The van der Waals surface area contributed by atoms with E-state index in [1.54, 1.807) is 11.6 Å². The fraction of sp³-hybridized carbons (Fsp3) is 0.765. The Labute approximate surface area is 150 Å². The van der Waals surface area contributed by atoms with E-state index in [-0.39, 0.29) is 42.7 Å². The van der Waals surface area contributed by atoms with Gasteiger partial charge < -0.3 is 23.7 Å². The van der Waals surface area contributed by atoms with Crippen molar-refractivity contribution in [2.24, 2.45) is 0 Å². The molecule has 1 aromatic rings. The van der Waals surface area contributed by atoms with Crippen molar-refractivity contribution < 1.29 is 28.5 Å². The number of Topliss-reactive ketones (excluding diaryl/α,β-unsaturated/α-hetero) is 1. The number of rotatable bonds is 4. The Bertz CT molecular complexity index is 646. The molecule has 4 heterocycles. The molecule has 3 fully saturated rings. The van der Waals surface area contributed by atoms with Gasteiger partial charge in [-0.3, -0.25) is 4.79 Å². The molecule has 5 atom stereocenters. The van der Waals surface area contributed by atoms with Crippen LogP contribution >= 0.6 is 11.3 Å². The molecule has 7 nitrogen and oxygen atoms in total. The van der Waals surface area contributed by atoms with Crippen LogP contribution in [-0.4, -0.2) is 59.5 Å². The van der Waals surface area contributed by atoms with Gasteiger partial charge in [0.2, 0.25) is 0 Å². The largest absolute Gasteiger partial charge is 0.366 e. The summed E-state index contributed by atoms with van der Waals surface area (Å²) in [7, 11) is 0. The molecule has 0 spiro atoms. The maximum atomic E-state index is 12.5. The topological polar surface area (TPSA) is 76.1 Å². The third-order valence-corrected chi connectivity index (χ3v) is 5.45. The van der Waals surface area contributed by atoms with Crippen LogP contribution in [0.1, 0.15) is 43.9 Å². The lowest BCUT2D eigenvalue weighted by Crippen LogP contribution is -2.40. The van der Waals surface area contributed by atoms with Crippen LogP contribution < -0.4 is 0 Å². The van der Waals surface area contributed by atoms with Crippen LogP contribution in [0.2, 0.25) is 0 Å². The summed E-state index contributed by atoms with van der Waals surface area (Å²) < 4.78 is 29.9. The Morgan fingerprint density at radius 3 is 2.56 bits per heavy atom. The molecule has 25 heavy (non-hydrogen) atoms. The van der Waals surface area contributed by atoms with E-state index in [1.807, 2.05) is 27.7 Å². The first-order chi connectivity index (χ1) is 11.7. The number of fused-ring (bicyclic) bond motifs is 1. The molecule has 3 aliphatic rings. The van der Waals surface area contributed by atoms with E-state index in [0.29, 0.717) is 11.6 Å². The number of ketones is 1. The van der Waals surface area contributed by atoms with E-state index in [9.17, 15) is 4.79 Å². The second-order valence-corrected chi connectivity index (χ2v) is 8.43. The summed E-state index contributed by atoms with van der Waals surface area (Å²) in [4.78, 5) is 16.5. The Hall–Kier alpha value is -0.900. The average Bonchev–Trinajstić information content (AvgIpc) is 3.24. The van der Waals surface area contributed by atoms with Crippen molar-refractivity contribution in [1.82, 2.24) is 4.98 Å². The Balaban J connectivity index is 1.51. The molecule has 0 N–H and O–H groups in total. The summed E-state index contributed by atoms with van der Waals surface area (Å²) in [5.74, 6) is -1.40. The number of hydrogen-bond acceptors (Lipinski definition) is 8. The number of nitrogens with zero attached hydrogens (tertiary/aromatic N) is 1. The molecule has 0 aliphatic carbocycles. The molecule has 0 unspecified atom stereocenters. The predicted octanol–water partition coefficient (Wildman–Crippen LogP) is 2.15. The molecule has 0 amide bonds. The second kappa shape index (κ2) is 6.07. The molecule has 138 valence electrons. The first-order valence-corrected chi connectivity index (χ1v) is 9.38. The molecule has 1 aromatic heterocycles. The smallest absolute Gasteiger partial charge is 0.194 e. The van der Waals surface area contributed by atoms with Gasteiger partial charge in [-0.25, -0.2) is 4.98 Å². The number of hydrogen-bond donors (Lipinski definition) is 0. The maximum absolute atomic E-state index is 12.5. The Morgan fingerprint density at radius 2 is 1.92 bits per heavy atom. The third-order valence-electron chi connectivity index (χ3n) is 4.64. The summed E-state index contributed by atoms with van der Waals surface area (Å²) in [5.41, 5.74) is 0. The normalized spacial score (nSPS) is 38.8. The minimum Gasteiger partial charge on any atom is -0.366 e. The molecule has 0 bridgehead atoms. The number of carbonyl (C=O) groups is 1. The van der Waals surface area contributed by atoms with E-state index in [1.165, 1.54) is 11.3 Å². The van der Waals surface area contributed by atoms with Crippen molar-refractivity contribution >= 4 is 17.1 Å². The van der Waals surface area contributed by atoms with E-state index >= 15 is 0 Å². The maximum Gasteiger partial charge on any atom is 0.194 e. The van der Waals surface area contributed by atoms with Gasteiger partial charge >= 0.3 is 0 Å². The van der Waals surface area contributed by atoms with Crippen molar-refractivity contribution in [3.8, 4) is 0 Å². The highest BCUT2D eigenvalue weighted by molar-refractivity contribution is 7.11. The van der Waals surface area contributed by atoms with Crippen molar-refractivity contribution in [1.29, 1.82) is 0 Å². The lowest BCUT2D eigenvalue weighted by molar-refractivity contribution is -0.205. The van der Waals surface area contributed by atoms with Crippen molar-refractivity contribution in [3.05, 3.63) is 16.6 Å². The van der Waals surface area contributed by atoms with Crippen LogP contribution in [0.3, 0.4) is 0 Å². The van der Waals surface area contributed by atoms with Crippen LogP contribution in [0.4, 0.5) is 0 Å². The Kier molecular flexibility index (Phi) is 4.25. The molecule has 0 saturated carbocycles. The molecule has 3 saturated heterocycles. The molecular weight excluding hydrogens is 346 g/mol. The highest BCUT2D eigenvalue weighted by Gasteiger charge is 2.59. The van der Waals surface area contributed by atoms with E-state index < -0.39 is 11.6 Å². The first-order valence-electron chi connectivity index (χ1n) is 8.50. The zero-order valence-electron chi connectivity index (χ0n) is 14.8. The van der Waals surface area contributed by atoms with Gasteiger partial charge in [-0.2, -0.15) is 0 Å².